The van der Waals surface area contributed by atoms with Crippen LogP contribution in [0.1, 0.15) is 5.69 Å². The lowest BCUT2D eigenvalue weighted by atomic mass is 10.3. The van der Waals surface area contributed by atoms with E-state index in [1.54, 1.807) is 12.4 Å². The summed E-state index contributed by atoms with van der Waals surface area (Å²) in [5.41, 5.74) is 0.629. The van der Waals surface area contributed by atoms with Crippen LogP contribution in [0.3, 0.4) is 0 Å². The van der Waals surface area contributed by atoms with Crippen LogP contribution in [0, 0.1) is 0 Å². The highest BCUT2D eigenvalue weighted by atomic mass is 35.5. The first-order valence-corrected chi connectivity index (χ1v) is 5.58. The van der Waals surface area contributed by atoms with E-state index < -0.39 is 0 Å². The van der Waals surface area contributed by atoms with E-state index in [2.05, 4.69) is 15.6 Å². The van der Waals surface area contributed by atoms with E-state index in [9.17, 15) is 9.59 Å². The van der Waals surface area contributed by atoms with Crippen molar-refractivity contribution in [3.63, 3.8) is 0 Å². The zero-order chi connectivity index (χ0) is 11.3. The molecular formula is C8H10ClN3O2S. The minimum Gasteiger partial charge on any atom is -0.359 e. The monoisotopic (exact) mass is 247 g/mol. The molecule has 0 aliphatic carbocycles. The van der Waals surface area contributed by atoms with Gasteiger partial charge >= 0.3 is 0 Å². The summed E-state index contributed by atoms with van der Waals surface area (Å²) in [5, 5.41) is 7.18. The number of carbonyl (C=O) groups excluding carboxylic acids is 2. The van der Waals surface area contributed by atoms with Crippen LogP contribution in [0.5, 0.6) is 0 Å². The van der Waals surface area contributed by atoms with E-state index in [1.165, 1.54) is 11.3 Å². The van der Waals surface area contributed by atoms with Crippen molar-refractivity contribution in [2.75, 3.05) is 18.2 Å². The smallest absolute Gasteiger partial charge is 0.241 e. The second kappa shape index (κ2) is 5.67. The van der Waals surface area contributed by atoms with Gasteiger partial charge in [0, 0.05) is 12.4 Å². The Bertz CT molecular complexity index is 334. The van der Waals surface area contributed by atoms with Crippen molar-refractivity contribution in [3.05, 3.63) is 11.1 Å². The van der Waals surface area contributed by atoms with Crippen molar-refractivity contribution in [1.82, 2.24) is 10.3 Å². The first kappa shape index (κ1) is 11.9. The minimum absolute atomic E-state index is 0.107. The first-order valence-electron chi connectivity index (χ1n) is 4.16. The highest BCUT2D eigenvalue weighted by molar-refractivity contribution is 7.14. The Hall–Kier alpha value is -1.14. The van der Waals surface area contributed by atoms with E-state index in [0.717, 1.165) is 0 Å². The number of rotatable bonds is 4. The van der Waals surface area contributed by atoms with Crippen LogP contribution in [0.4, 0.5) is 5.13 Å². The van der Waals surface area contributed by atoms with Crippen molar-refractivity contribution in [2.45, 2.75) is 6.42 Å². The van der Waals surface area contributed by atoms with Gasteiger partial charge in [-0.05, 0) is 0 Å². The number of nitrogens with one attached hydrogen (secondary N) is 2. The zero-order valence-corrected chi connectivity index (χ0v) is 9.61. The molecule has 0 bridgehead atoms. The lowest BCUT2D eigenvalue weighted by Gasteiger charge is -1.96. The van der Waals surface area contributed by atoms with Crippen molar-refractivity contribution < 1.29 is 9.59 Å². The molecule has 1 aromatic rings. The molecule has 82 valence electrons. The van der Waals surface area contributed by atoms with E-state index in [0.29, 0.717) is 10.8 Å². The van der Waals surface area contributed by atoms with Crippen molar-refractivity contribution in [1.29, 1.82) is 0 Å². The summed E-state index contributed by atoms with van der Waals surface area (Å²) in [6.07, 6.45) is 0.212. The van der Waals surface area contributed by atoms with E-state index in [-0.39, 0.29) is 24.1 Å². The third-order valence-corrected chi connectivity index (χ3v) is 2.59. The summed E-state index contributed by atoms with van der Waals surface area (Å²) in [6, 6.07) is 0. The van der Waals surface area contributed by atoms with E-state index >= 15 is 0 Å². The Kier molecular flexibility index (Phi) is 4.51. The van der Waals surface area contributed by atoms with Gasteiger partial charge in [0.25, 0.3) is 0 Å². The topological polar surface area (TPSA) is 71.1 Å². The second-order valence-electron chi connectivity index (χ2n) is 2.68. The summed E-state index contributed by atoms with van der Waals surface area (Å²) >= 11 is 6.58. The molecule has 0 saturated carbocycles. The molecule has 0 saturated heterocycles. The molecule has 2 amide bonds. The Labute approximate surface area is 95.8 Å². The molecule has 1 rings (SSSR count). The standard InChI is InChI=1S/C8H10ClN3O2S/c1-10-6(13)2-5-4-15-8(11-5)12-7(14)3-9/h4H,2-3H2,1H3,(H,10,13)(H,11,12,14). The van der Waals surface area contributed by atoms with Gasteiger partial charge in [-0.15, -0.1) is 22.9 Å². The van der Waals surface area contributed by atoms with Crippen LogP contribution in [-0.4, -0.2) is 29.7 Å². The summed E-state index contributed by atoms with van der Waals surface area (Å²) in [5.74, 6) is -0.530. The van der Waals surface area contributed by atoms with E-state index in [4.69, 9.17) is 11.6 Å². The number of alkyl halides is 1. The van der Waals surface area contributed by atoms with Gasteiger partial charge in [0.05, 0.1) is 12.1 Å². The number of halogens is 1. The zero-order valence-electron chi connectivity index (χ0n) is 8.04. The molecule has 0 radical (unpaired) electrons. The van der Waals surface area contributed by atoms with Gasteiger partial charge in [-0.1, -0.05) is 0 Å². The van der Waals surface area contributed by atoms with Gasteiger partial charge in [-0.25, -0.2) is 4.98 Å². The largest absolute Gasteiger partial charge is 0.359 e. The lowest BCUT2D eigenvalue weighted by molar-refractivity contribution is -0.120. The maximum Gasteiger partial charge on any atom is 0.241 e. The van der Waals surface area contributed by atoms with Crippen LogP contribution in [0.25, 0.3) is 0 Å². The predicted octanol–water partition coefficient (Wildman–Crippen LogP) is 0.609. The van der Waals surface area contributed by atoms with Crippen LogP contribution >= 0.6 is 22.9 Å². The molecule has 0 aromatic carbocycles. The summed E-state index contributed by atoms with van der Waals surface area (Å²) in [7, 11) is 1.56. The van der Waals surface area contributed by atoms with E-state index in [1.807, 2.05) is 0 Å². The fourth-order valence-electron chi connectivity index (χ4n) is 0.851. The number of hydrogen-bond donors (Lipinski definition) is 2. The number of amides is 2. The van der Waals surface area contributed by atoms with Gasteiger partial charge < -0.3 is 10.6 Å². The van der Waals surface area contributed by atoms with Crippen molar-refractivity contribution in [2.24, 2.45) is 0 Å². The number of carbonyl (C=O) groups is 2. The number of nitrogens with zero attached hydrogens (tertiary/aromatic N) is 1. The average Bonchev–Trinajstić information content (AvgIpc) is 2.65. The molecule has 2 N–H and O–H groups in total. The van der Waals surface area contributed by atoms with Gasteiger partial charge in [-0.2, -0.15) is 0 Å². The third-order valence-electron chi connectivity index (χ3n) is 1.54. The summed E-state index contributed by atoms with van der Waals surface area (Å²) in [4.78, 5) is 26.0. The van der Waals surface area contributed by atoms with Crippen molar-refractivity contribution in [3.8, 4) is 0 Å². The molecule has 0 aliphatic rings. The molecular weight excluding hydrogens is 238 g/mol. The molecule has 0 unspecified atom stereocenters. The fourth-order valence-corrected chi connectivity index (χ4v) is 1.64. The van der Waals surface area contributed by atoms with Crippen LogP contribution < -0.4 is 10.6 Å². The molecule has 7 heteroatoms. The average molecular weight is 248 g/mol. The molecule has 0 fully saturated rings. The Balaban J connectivity index is 2.56. The lowest BCUT2D eigenvalue weighted by Crippen LogP contribution is -2.20. The molecule has 0 atom stereocenters. The predicted molar refractivity (Wildman–Crippen MR) is 59.2 cm³/mol. The number of thiazole rings is 1. The van der Waals surface area contributed by atoms with Crippen LogP contribution in [0.2, 0.25) is 0 Å². The Morgan fingerprint density at radius 2 is 2.27 bits per heavy atom. The summed E-state index contributed by atoms with van der Waals surface area (Å²) in [6.45, 7) is 0. The molecule has 5 nitrogen and oxygen atoms in total. The van der Waals surface area contributed by atoms with Gasteiger partial charge in [0.2, 0.25) is 11.8 Å². The van der Waals surface area contributed by atoms with Gasteiger partial charge in [0.1, 0.15) is 5.88 Å². The highest BCUT2D eigenvalue weighted by Crippen LogP contribution is 2.15. The SMILES string of the molecule is CNC(=O)Cc1csc(NC(=O)CCl)n1. The quantitative estimate of drug-likeness (QED) is 0.766. The minimum atomic E-state index is -0.308. The third kappa shape index (κ3) is 3.85. The number of hydrogen-bond acceptors (Lipinski definition) is 4. The molecule has 15 heavy (non-hydrogen) atoms. The van der Waals surface area contributed by atoms with Gasteiger partial charge in [0.15, 0.2) is 5.13 Å². The Morgan fingerprint density at radius 3 is 2.87 bits per heavy atom. The molecule has 0 aliphatic heterocycles. The molecule has 0 spiro atoms. The Morgan fingerprint density at radius 1 is 1.53 bits per heavy atom. The number of likely N-dealkylation sites (N-methyl/N-ethyl adjacent to an activating group) is 1. The maximum absolute atomic E-state index is 11.0. The normalized spacial score (nSPS) is 9.73. The summed E-state index contributed by atoms with van der Waals surface area (Å²) < 4.78 is 0. The second-order valence-corrected chi connectivity index (χ2v) is 3.80. The molecule has 1 heterocycles. The van der Waals surface area contributed by atoms with Crippen LogP contribution in [-0.2, 0) is 16.0 Å². The number of anilines is 1. The molecule has 1 aromatic heterocycles. The maximum atomic E-state index is 11.0. The first-order chi connectivity index (χ1) is 7.15. The van der Waals surface area contributed by atoms with Crippen LogP contribution in [0.15, 0.2) is 5.38 Å². The highest BCUT2D eigenvalue weighted by Gasteiger charge is 2.07. The van der Waals surface area contributed by atoms with Crippen molar-refractivity contribution >= 4 is 39.9 Å². The van der Waals surface area contributed by atoms with Gasteiger partial charge in [-0.3, -0.25) is 9.59 Å². The fraction of sp³-hybridized carbons (Fsp3) is 0.375. The number of aromatic nitrogens is 1.